The molecule has 0 N–H and O–H groups in total. The molecular formula is C29H28Cl2N2O3S. The quantitative estimate of drug-likeness (QED) is 0.249. The lowest BCUT2D eigenvalue weighted by Gasteiger charge is -2.14. The average molecular weight is 556 g/mol. The van der Waals surface area contributed by atoms with Crippen molar-refractivity contribution < 1.29 is 14.3 Å². The van der Waals surface area contributed by atoms with Crippen LogP contribution in [0.25, 0.3) is 6.08 Å². The van der Waals surface area contributed by atoms with Crippen molar-refractivity contribution in [3.05, 3.63) is 92.3 Å². The van der Waals surface area contributed by atoms with Gasteiger partial charge >= 0.3 is 0 Å². The lowest BCUT2D eigenvalue weighted by Crippen LogP contribution is -2.30. The molecule has 192 valence electrons. The molecule has 1 heterocycles. The third-order valence-electron chi connectivity index (χ3n) is 5.77. The molecule has 0 saturated carbocycles. The van der Waals surface area contributed by atoms with Crippen LogP contribution in [-0.2, 0) is 11.4 Å². The second-order valence-corrected chi connectivity index (χ2v) is 10.4. The van der Waals surface area contributed by atoms with Crippen LogP contribution >= 0.6 is 35.0 Å². The van der Waals surface area contributed by atoms with Gasteiger partial charge in [-0.15, -0.1) is 0 Å². The Hall–Kier alpha value is -2.93. The number of thioether (sulfide) groups is 1. The summed E-state index contributed by atoms with van der Waals surface area (Å²) in [6, 6.07) is 18.8. The molecule has 0 radical (unpaired) electrons. The van der Waals surface area contributed by atoms with Crippen LogP contribution in [0.5, 0.6) is 11.5 Å². The van der Waals surface area contributed by atoms with E-state index in [4.69, 9.17) is 37.7 Å². The first-order chi connectivity index (χ1) is 17.9. The molecule has 8 heteroatoms. The van der Waals surface area contributed by atoms with E-state index in [1.165, 1.54) is 17.3 Å². The molecular weight excluding hydrogens is 527 g/mol. The smallest absolute Gasteiger partial charge is 0.266 e. The van der Waals surface area contributed by atoms with Gasteiger partial charge in [0.2, 0.25) is 0 Å². The number of unbranched alkanes of at least 4 members (excludes halogenated alkanes) is 1. The van der Waals surface area contributed by atoms with E-state index >= 15 is 0 Å². The summed E-state index contributed by atoms with van der Waals surface area (Å²) in [6.45, 7) is 5.05. The van der Waals surface area contributed by atoms with Gasteiger partial charge in [0.05, 0.1) is 17.7 Å². The summed E-state index contributed by atoms with van der Waals surface area (Å²) in [5.74, 6) is 1.10. The normalized spacial score (nSPS) is 15.6. The third-order valence-corrected chi connectivity index (χ3v) is 7.36. The monoisotopic (exact) mass is 554 g/mol. The number of carbonyl (C=O) groups excluding carboxylic acids is 1. The summed E-state index contributed by atoms with van der Waals surface area (Å²) in [4.78, 5) is 20.4. The van der Waals surface area contributed by atoms with Crippen LogP contribution in [0.2, 0.25) is 10.0 Å². The number of halogens is 2. The molecule has 3 aromatic carbocycles. The Bertz CT molecular complexity index is 1340. The number of nitrogens with zero attached hydrogens (tertiary/aromatic N) is 2. The van der Waals surface area contributed by atoms with Gasteiger partial charge in [-0.05, 0) is 73.1 Å². The van der Waals surface area contributed by atoms with Gasteiger partial charge in [0, 0.05) is 22.2 Å². The van der Waals surface area contributed by atoms with Crippen LogP contribution in [-0.4, -0.2) is 29.6 Å². The van der Waals surface area contributed by atoms with Crippen LogP contribution in [0.4, 0.5) is 5.69 Å². The van der Waals surface area contributed by atoms with Gasteiger partial charge < -0.3 is 9.47 Å². The molecule has 0 aliphatic carbocycles. The van der Waals surface area contributed by atoms with Crippen molar-refractivity contribution in [2.24, 2.45) is 4.99 Å². The third kappa shape index (κ3) is 6.89. The molecule has 1 amide bonds. The molecule has 0 aromatic heterocycles. The molecule has 1 fully saturated rings. The van der Waals surface area contributed by atoms with Crippen molar-refractivity contribution in [3.8, 4) is 11.5 Å². The molecule has 3 aromatic rings. The average Bonchev–Trinajstić information content (AvgIpc) is 3.17. The summed E-state index contributed by atoms with van der Waals surface area (Å²) < 4.78 is 11.5. The van der Waals surface area contributed by atoms with E-state index in [-0.39, 0.29) is 12.5 Å². The molecule has 4 rings (SSSR count). The minimum absolute atomic E-state index is 0.0408. The number of aryl methyl sites for hydroxylation is 1. The highest BCUT2D eigenvalue weighted by Crippen LogP contribution is 2.36. The Morgan fingerprint density at radius 3 is 2.51 bits per heavy atom. The number of ether oxygens (including phenoxy) is 2. The number of benzene rings is 3. The maximum absolute atomic E-state index is 13.3. The highest BCUT2D eigenvalue weighted by Gasteiger charge is 2.33. The maximum atomic E-state index is 13.3. The van der Waals surface area contributed by atoms with Crippen LogP contribution in [0.15, 0.2) is 70.6 Å². The Morgan fingerprint density at radius 1 is 1.03 bits per heavy atom. The summed E-state index contributed by atoms with van der Waals surface area (Å²) in [7, 11) is 1.59. The Morgan fingerprint density at radius 2 is 1.81 bits per heavy atom. The zero-order valence-corrected chi connectivity index (χ0v) is 23.3. The predicted molar refractivity (Wildman–Crippen MR) is 154 cm³/mol. The fraction of sp³-hybridized carbons (Fsp3) is 0.241. The van der Waals surface area contributed by atoms with Crippen molar-refractivity contribution in [2.75, 3.05) is 13.7 Å². The Kier molecular flexibility index (Phi) is 9.19. The zero-order chi connectivity index (χ0) is 26.4. The first-order valence-electron chi connectivity index (χ1n) is 12.0. The topological polar surface area (TPSA) is 51.1 Å². The van der Waals surface area contributed by atoms with Crippen molar-refractivity contribution >= 4 is 57.8 Å². The van der Waals surface area contributed by atoms with Gasteiger partial charge in [0.15, 0.2) is 16.7 Å². The number of hydrogen-bond acceptors (Lipinski definition) is 5. The molecule has 37 heavy (non-hydrogen) atoms. The van der Waals surface area contributed by atoms with Gasteiger partial charge in [0.25, 0.3) is 5.91 Å². The van der Waals surface area contributed by atoms with Gasteiger partial charge in [-0.1, -0.05) is 66.4 Å². The molecule has 0 unspecified atom stereocenters. The number of hydrogen-bond donors (Lipinski definition) is 0. The molecule has 1 aliphatic heterocycles. The van der Waals surface area contributed by atoms with Crippen LogP contribution in [0.3, 0.4) is 0 Å². The zero-order valence-electron chi connectivity index (χ0n) is 21.0. The first kappa shape index (κ1) is 27.1. The van der Waals surface area contributed by atoms with Gasteiger partial charge in [-0.3, -0.25) is 9.69 Å². The number of amides is 1. The van der Waals surface area contributed by atoms with Gasteiger partial charge in [-0.25, -0.2) is 4.99 Å². The molecule has 0 bridgehead atoms. The fourth-order valence-corrected chi connectivity index (χ4v) is 5.16. The van der Waals surface area contributed by atoms with E-state index in [0.29, 0.717) is 38.2 Å². The number of methoxy groups -OCH3 is 1. The summed E-state index contributed by atoms with van der Waals surface area (Å²) in [5, 5.41) is 1.81. The molecule has 1 saturated heterocycles. The second-order valence-electron chi connectivity index (χ2n) is 8.59. The number of aliphatic imine (C=N–C) groups is 1. The lowest BCUT2D eigenvalue weighted by atomic mass is 10.1. The van der Waals surface area contributed by atoms with E-state index in [2.05, 4.69) is 6.92 Å². The lowest BCUT2D eigenvalue weighted by molar-refractivity contribution is -0.122. The largest absolute Gasteiger partial charge is 0.493 e. The van der Waals surface area contributed by atoms with Gasteiger partial charge in [-0.2, -0.15) is 0 Å². The number of amidine groups is 1. The minimum Gasteiger partial charge on any atom is -0.493 e. The SMILES string of the molecule is CCCCN1C(=O)/C(=C\c2ccc(OCc3ccc(Cl)cc3Cl)c(OC)c2)SC1=Nc1ccc(C)cc1. The van der Waals surface area contributed by atoms with E-state index < -0.39 is 0 Å². The Balaban J connectivity index is 1.56. The second kappa shape index (κ2) is 12.5. The Labute approximate surface area is 232 Å². The summed E-state index contributed by atoms with van der Waals surface area (Å²) in [6.07, 6.45) is 3.77. The van der Waals surface area contributed by atoms with E-state index in [0.717, 1.165) is 29.7 Å². The van der Waals surface area contributed by atoms with Crippen LogP contribution in [0, 0.1) is 6.92 Å². The summed E-state index contributed by atoms with van der Waals surface area (Å²) in [5.41, 5.74) is 3.64. The van der Waals surface area contributed by atoms with Crippen molar-refractivity contribution in [3.63, 3.8) is 0 Å². The molecule has 0 spiro atoms. The number of rotatable bonds is 9. The highest BCUT2D eigenvalue weighted by atomic mass is 35.5. The maximum Gasteiger partial charge on any atom is 0.266 e. The molecule has 0 atom stereocenters. The van der Waals surface area contributed by atoms with Gasteiger partial charge in [0.1, 0.15) is 6.61 Å². The van der Waals surface area contributed by atoms with Crippen molar-refractivity contribution in [1.82, 2.24) is 4.90 Å². The predicted octanol–water partition coefficient (Wildman–Crippen LogP) is 8.29. The molecule has 5 nitrogen and oxygen atoms in total. The van der Waals surface area contributed by atoms with E-state index in [1.54, 1.807) is 24.1 Å². The standard InChI is InChI=1S/C29H28Cl2N2O3S/c1-4-5-14-33-28(34)27(37-29(33)32-23-11-6-19(2)7-12-23)16-20-8-13-25(26(15-20)35-3)36-18-21-9-10-22(30)17-24(21)31/h6-13,15-17H,4-5,14,18H2,1-3H3/b27-16+,32-29?. The highest BCUT2D eigenvalue weighted by molar-refractivity contribution is 8.18. The van der Waals surface area contributed by atoms with Crippen molar-refractivity contribution in [2.45, 2.75) is 33.3 Å². The van der Waals surface area contributed by atoms with Crippen LogP contribution < -0.4 is 9.47 Å². The number of carbonyl (C=O) groups is 1. The summed E-state index contributed by atoms with van der Waals surface area (Å²) >= 11 is 13.6. The molecule has 1 aliphatic rings. The fourth-order valence-electron chi connectivity index (χ4n) is 3.67. The first-order valence-corrected chi connectivity index (χ1v) is 13.6. The minimum atomic E-state index is -0.0408. The van der Waals surface area contributed by atoms with Crippen LogP contribution in [0.1, 0.15) is 36.5 Å². The van der Waals surface area contributed by atoms with E-state index in [9.17, 15) is 4.79 Å². The van der Waals surface area contributed by atoms with E-state index in [1.807, 2.05) is 61.5 Å². The van der Waals surface area contributed by atoms with Crippen molar-refractivity contribution in [1.29, 1.82) is 0 Å².